The predicted molar refractivity (Wildman–Crippen MR) is 85.4 cm³/mol. The first kappa shape index (κ1) is 20.9. The van der Waals surface area contributed by atoms with E-state index in [1.165, 1.54) is 0 Å². The van der Waals surface area contributed by atoms with Crippen LogP contribution < -0.4 is 11.1 Å². The van der Waals surface area contributed by atoms with E-state index in [-0.39, 0.29) is 36.8 Å². The molecule has 3 N–H and O–H groups in total. The molecule has 1 unspecified atom stereocenters. The summed E-state index contributed by atoms with van der Waals surface area (Å²) in [5.41, 5.74) is 8.40. The largest absolute Gasteiger partial charge is 0.352 e. The van der Waals surface area contributed by atoms with E-state index in [9.17, 15) is 4.79 Å². The van der Waals surface area contributed by atoms with Crippen molar-refractivity contribution in [1.82, 2.24) is 10.3 Å². The van der Waals surface area contributed by atoms with Crippen LogP contribution in [-0.2, 0) is 11.2 Å². The number of hydrogen-bond acceptors (Lipinski definition) is 4. The summed E-state index contributed by atoms with van der Waals surface area (Å²) in [6.45, 7) is 2.65. The van der Waals surface area contributed by atoms with Gasteiger partial charge in [-0.3, -0.25) is 4.79 Å². The summed E-state index contributed by atoms with van der Waals surface area (Å²) in [5, 5.41) is 4.95. The van der Waals surface area contributed by atoms with Crippen LogP contribution in [0.1, 0.15) is 38.3 Å². The van der Waals surface area contributed by atoms with E-state index in [4.69, 9.17) is 5.73 Å². The minimum atomic E-state index is 0. The third kappa shape index (κ3) is 9.21. The Bertz CT molecular complexity index is 323. The molecule has 1 atom stereocenters. The molecule has 1 aromatic heterocycles. The number of carbonyl (C=O) groups excluding carboxylic acids is 1. The van der Waals surface area contributed by atoms with Gasteiger partial charge in [0.05, 0.1) is 11.2 Å². The average Bonchev–Trinajstić information content (AvgIpc) is 2.85. The minimum absolute atomic E-state index is 0. The Hall–Kier alpha value is -0.360. The zero-order valence-electron chi connectivity index (χ0n) is 11.1. The second-order valence-corrected chi connectivity index (χ2v) is 4.84. The number of amides is 1. The molecule has 19 heavy (non-hydrogen) atoms. The van der Waals surface area contributed by atoms with Gasteiger partial charge >= 0.3 is 0 Å². The Morgan fingerprint density at radius 1 is 1.53 bits per heavy atom. The molecule has 0 bridgehead atoms. The number of nitrogens with one attached hydrogen (secondary N) is 1. The monoisotopic (exact) mass is 327 g/mol. The Morgan fingerprint density at radius 3 is 2.79 bits per heavy atom. The average molecular weight is 328 g/mol. The molecule has 1 rings (SSSR count). The molecular weight excluding hydrogens is 305 g/mol. The number of rotatable bonds is 8. The summed E-state index contributed by atoms with van der Waals surface area (Å²) >= 11 is 1.56. The quantitative estimate of drug-likeness (QED) is 0.771. The van der Waals surface area contributed by atoms with Gasteiger partial charge in [-0.15, -0.1) is 36.2 Å². The van der Waals surface area contributed by atoms with Gasteiger partial charge in [0.15, 0.2) is 0 Å². The summed E-state index contributed by atoms with van der Waals surface area (Å²) in [5.74, 6) is 0.0737. The van der Waals surface area contributed by atoms with Crippen LogP contribution in [0, 0.1) is 0 Å². The van der Waals surface area contributed by atoms with Gasteiger partial charge in [0.2, 0.25) is 5.91 Å². The van der Waals surface area contributed by atoms with Gasteiger partial charge in [-0.1, -0.05) is 19.8 Å². The van der Waals surface area contributed by atoms with E-state index in [1.54, 1.807) is 16.8 Å². The molecule has 1 heterocycles. The highest BCUT2D eigenvalue weighted by molar-refractivity contribution is 7.07. The fourth-order valence-electron chi connectivity index (χ4n) is 1.60. The predicted octanol–water partition coefficient (Wildman–Crippen LogP) is 2.55. The normalized spacial score (nSPS) is 11.1. The number of hydrogen-bond donors (Lipinski definition) is 2. The second-order valence-electron chi connectivity index (χ2n) is 4.12. The number of aromatic nitrogens is 1. The fourth-order valence-corrected chi connectivity index (χ4v) is 2.19. The number of carbonyl (C=O) groups is 1. The van der Waals surface area contributed by atoms with Crippen molar-refractivity contribution in [3.05, 3.63) is 16.6 Å². The number of nitrogens with two attached hydrogens (primary N) is 1. The van der Waals surface area contributed by atoms with Gasteiger partial charge in [0.25, 0.3) is 0 Å². The molecule has 0 saturated carbocycles. The first-order valence-corrected chi connectivity index (χ1v) is 7.07. The zero-order valence-corrected chi connectivity index (χ0v) is 13.6. The first-order chi connectivity index (χ1) is 8.26. The molecule has 0 aliphatic carbocycles. The molecule has 0 aliphatic heterocycles. The van der Waals surface area contributed by atoms with E-state index < -0.39 is 0 Å². The van der Waals surface area contributed by atoms with Crippen molar-refractivity contribution < 1.29 is 4.79 Å². The van der Waals surface area contributed by atoms with E-state index in [2.05, 4.69) is 17.2 Å². The highest BCUT2D eigenvalue weighted by atomic mass is 35.5. The van der Waals surface area contributed by atoms with Gasteiger partial charge in [0.1, 0.15) is 0 Å². The highest BCUT2D eigenvalue weighted by Crippen LogP contribution is 2.05. The Labute approximate surface area is 131 Å². The van der Waals surface area contributed by atoms with Crippen LogP contribution in [0.2, 0.25) is 0 Å². The first-order valence-electron chi connectivity index (χ1n) is 6.12. The summed E-state index contributed by atoms with van der Waals surface area (Å²) < 4.78 is 0. The molecule has 1 amide bonds. The van der Waals surface area contributed by atoms with Gasteiger partial charge < -0.3 is 11.1 Å². The van der Waals surface area contributed by atoms with Gasteiger partial charge in [0, 0.05) is 24.4 Å². The van der Waals surface area contributed by atoms with Crippen molar-refractivity contribution in [1.29, 1.82) is 0 Å². The molecule has 1 aromatic rings. The van der Waals surface area contributed by atoms with E-state index in [0.717, 1.165) is 25.0 Å². The van der Waals surface area contributed by atoms with Crippen molar-refractivity contribution >= 4 is 42.1 Å². The summed E-state index contributed by atoms with van der Waals surface area (Å²) in [7, 11) is 0. The molecule has 0 spiro atoms. The lowest BCUT2D eigenvalue weighted by atomic mass is 10.1. The van der Waals surface area contributed by atoms with Crippen LogP contribution in [0.3, 0.4) is 0 Å². The van der Waals surface area contributed by atoms with Gasteiger partial charge in [-0.2, -0.15) is 0 Å². The minimum Gasteiger partial charge on any atom is -0.352 e. The standard InChI is InChI=1S/C12H21N3OS.2ClH/c1-2-3-4-10(7-13)15-12(16)6-5-11-8-17-9-14-11;;/h8-10H,2-7,13H2,1H3,(H,15,16);2*1H. The number of halogens is 2. The van der Waals surface area contributed by atoms with Crippen LogP contribution in [0.25, 0.3) is 0 Å². The number of thiazole rings is 1. The van der Waals surface area contributed by atoms with Crippen molar-refractivity contribution in [3.8, 4) is 0 Å². The lowest BCUT2D eigenvalue weighted by molar-refractivity contribution is -0.121. The van der Waals surface area contributed by atoms with Crippen LogP contribution in [-0.4, -0.2) is 23.5 Å². The third-order valence-electron chi connectivity index (χ3n) is 2.65. The maximum atomic E-state index is 11.7. The summed E-state index contributed by atoms with van der Waals surface area (Å²) in [6.07, 6.45) is 4.40. The summed E-state index contributed by atoms with van der Waals surface area (Å²) in [6, 6.07) is 0.123. The highest BCUT2D eigenvalue weighted by Gasteiger charge is 2.10. The van der Waals surface area contributed by atoms with E-state index in [0.29, 0.717) is 19.4 Å². The molecule has 0 saturated heterocycles. The smallest absolute Gasteiger partial charge is 0.220 e. The molecule has 0 radical (unpaired) electrons. The Kier molecular flexibility index (Phi) is 14.0. The molecule has 0 aromatic carbocycles. The Morgan fingerprint density at radius 2 is 2.26 bits per heavy atom. The number of nitrogens with zero attached hydrogens (tertiary/aromatic N) is 1. The van der Waals surface area contributed by atoms with Crippen molar-refractivity contribution in [2.45, 2.75) is 45.1 Å². The van der Waals surface area contributed by atoms with E-state index in [1.807, 2.05) is 5.38 Å². The van der Waals surface area contributed by atoms with E-state index >= 15 is 0 Å². The molecule has 4 nitrogen and oxygen atoms in total. The third-order valence-corrected chi connectivity index (χ3v) is 3.28. The Balaban J connectivity index is 0. The zero-order chi connectivity index (χ0) is 12.5. The van der Waals surface area contributed by atoms with Gasteiger partial charge in [-0.25, -0.2) is 4.98 Å². The maximum Gasteiger partial charge on any atom is 0.220 e. The molecule has 112 valence electrons. The van der Waals surface area contributed by atoms with Crippen molar-refractivity contribution in [2.24, 2.45) is 5.73 Å². The van der Waals surface area contributed by atoms with Crippen LogP contribution >= 0.6 is 36.2 Å². The topological polar surface area (TPSA) is 68.0 Å². The SMILES string of the molecule is CCCCC(CN)NC(=O)CCc1cscn1.Cl.Cl. The van der Waals surface area contributed by atoms with Crippen molar-refractivity contribution in [2.75, 3.05) is 6.54 Å². The molecule has 0 aliphatic rings. The lowest BCUT2D eigenvalue weighted by Gasteiger charge is -2.16. The number of aryl methyl sites for hydroxylation is 1. The van der Waals surface area contributed by atoms with Crippen LogP contribution in [0.15, 0.2) is 10.9 Å². The maximum absolute atomic E-state index is 11.7. The summed E-state index contributed by atoms with van der Waals surface area (Å²) in [4.78, 5) is 15.8. The molecule has 0 fully saturated rings. The lowest BCUT2D eigenvalue weighted by Crippen LogP contribution is -2.40. The van der Waals surface area contributed by atoms with Gasteiger partial charge in [-0.05, 0) is 12.8 Å². The molecule has 7 heteroatoms. The van der Waals surface area contributed by atoms with Crippen LogP contribution in [0.4, 0.5) is 0 Å². The fraction of sp³-hybridized carbons (Fsp3) is 0.667. The second kappa shape index (κ2) is 12.7. The van der Waals surface area contributed by atoms with Crippen molar-refractivity contribution in [3.63, 3.8) is 0 Å². The number of unbranched alkanes of at least 4 members (excludes halogenated alkanes) is 1. The van der Waals surface area contributed by atoms with Crippen LogP contribution in [0.5, 0.6) is 0 Å². The molecular formula is C12H23Cl2N3OS.